The fourth-order valence-electron chi connectivity index (χ4n) is 3.63. The van der Waals surface area contributed by atoms with E-state index in [0.717, 1.165) is 43.6 Å². The maximum Gasteiger partial charge on any atom is 0.222 e. The first-order valence-electron chi connectivity index (χ1n) is 9.58. The lowest BCUT2D eigenvalue weighted by Crippen LogP contribution is -2.29. The molecule has 0 saturated carbocycles. The van der Waals surface area contributed by atoms with Crippen LogP contribution < -0.4 is 0 Å². The first-order chi connectivity index (χ1) is 13.3. The Morgan fingerprint density at radius 3 is 2.56 bits per heavy atom. The van der Waals surface area contributed by atoms with Crippen molar-refractivity contribution in [1.29, 1.82) is 0 Å². The molecule has 4 rings (SSSR count). The summed E-state index contributed by atoms with van der Waals surface area (Å²) in [6.07, 6.45) is 5.37. The molecule has 1 fully saturated rings. The normalized spacial score (nSPS) is 16.6. The summed E-state index contributed by atoms with van der Waals surface area (Å²) in [4.78, 5) is 14.5. The maximum atomic E-state index is 12.5. The Labute approximate surface area is 159 Å². The molecule has 1 aromatic heterocycles. The van der Waals surface area contributed by atoms with E-state index in [0.29, 0.717) is 6.42 Å². The highest BCUT2D eigenvalue weighted by Gasteiger charge is 2.28. The van der Waals surface area contributed by atoms with Gasteiger partial charge >= 0.3 is 0 Å². The van der Waals surface area contributed by atoms with Crippen molar-refractivity contribution >= 4 is 5.91 Å². The molecule has 5 nitrogen and oxygen atoms in total. The number of hydrogen-bond acceptors (Lipinski definition) is 3. The highest BCUT2D eigenvalue weighted by molar-refractivity contribution is 5.76. The Morgan fingerprint density at radius 2 is 1.78 bits per heavy atom. The number of carbonyl (C=O) groups is 1. The van der Waals surface area contributed by atoms with Crippen LogP contribution >= 0.6 is 0 Å². The summed E-state index contributed by atoms with van der Waals surface area (Å²) in [6, 6.07) is 20.6. The van der Waals surface area contributed by atoms with Crippen LogP contribution in [-0.2, 0) is 11.2 Å². The Bertz CT molecular complexity index is 876. The van der Waals surface area contributed by atoms with E-state index in [2.05, 4.69) is 22.4 Å². The highest BCUT2D eigenvalue weighted by atomic mass is 16.2. The van der Waals surface area contributed by atoms with Crippen LogP contribution in [0.1, 0.15) is 30.9 Å². The lowest BCUT2D eigenvalue weighted by Gasteiger charge is -2.16. The molecular formula is C22H24N4O. The van der Waals surface area contributed by atoms with Crippen molar-refractivity contribution < 1.29 is 4.79 Å². The van der Waals surface area contributed by atoms with Gasteiger partial charge in [0.1, 0.15) is 5.69 Å². The van der Waals surface area contributed by atoms with Gasteiger partial charge in [-0.15, -0.1) is 5.10 Å². The SMILES string of the molecule is O=C(CCCc1ccccc1)N1CCC(n2cc(-c3ccccc3)nn2)C1. The van der Waals surface area contributed by atoms with E-state index < -0.39 is 0 Å². The van der Waals surface area contributed by atoms with Crippen LogP contribution in [0.15, 0.2) is 66.9 Å². The van der Waals surface area contributed by atoms with Crippen molar-refractivity contribution in [1.82, 2.24) is 19.9 Å². The molecule has 3 aromatic rings. The average molecular weight is 360 g/mol. The van der Waals surface area contributed by atoms with Crippen LogP contribution in [0.4, 0.5) is 0 Å². The molecule has 1 saturated heterocycles. The van der Waals surface area contributed by atoms with E-state index in [4.69, 9.17) is 0 Å². The molecular weight excluding hydrogens is 336 g/mol. The number of aryl methyl sites for hydroxylation is 1. The van der Waals surface area contributed by atoms with Crippen molar-refractivity contribution in [3.8, 4) is 11.3 Å². The average Bonchev–Trinajstić information content (AvgIpc) is 3.39. The number of nitrogens with zero attached hydrogens (tertiary/aromatic N) is 4. The smallest absolute Gasteiger partial charge is 0.222 e. The largest absolute Gasteiger partial charge is 0.340 e. The van der Waals surface area contributed by atoms with Gasteiger partial charge in [-0.3, -0.25) is 4.79 Å². The quantitative estimate of drug-likeness (QED) is 0.673. The molecule has 5 heteroatoms. The van der Waals surface area contributed by atoms with Crippen molar-refractivity contribution in [3.63, 3.8) is 0 Å². The van der Waals surface area contributed by atoms with Gasteiger partial charge in [0, 0.05) is 25.1 Å². The number of likely N-dealkylation sites (tertiary alicyclic amines) is 1. The molecule has 1 amide bonds. The Kier molecular flexibility index (Phi) is 5.28. The van der Waals surface area contributed by atoms with Gasteiger partial charge in [-0.2, -0.15) is 0 Å². The van der Waals surface area contributed by atoms with Gasteiger partial charge in [0.25, 0.3) is 0 Å². The van der Waals surface area contributed by atoms with Gasteiger partial charge in [-0.1, -0.05) is 65.9 Å². The summed E-state index contributed by atoms with van der Waals surface area (Å²) in [5.74, 6) is 0.247. The summed E-state index contributed by atoms with van der Waals surface area (Å²) >= 11 is 0. The van der Waals surface area contributed by atoms with Gasteiger partial charge in [-0.25, -0.2) is 4.68 Å². The van der Waals surface area contributed by atoms with Crippen LogP contribution in [0.2, 0.25) is 0 Å². The summed E-state index contributed by atoms with van der Waals surface area (Å²) in [5.41, 5.74) is 3.24. The first kappa shape index (κ1) is 17.5. The predicted molar refractivity (Wildman–Crippen MR) is 105 cm³/mol. The lowest BCUT2D eigenvalue weighted by molar-refractivity contribution is -0.130. The zero-order valence-corrected chi connectivity index (χ0v) is 15.4. The highest BCUT2D eigenvalue weighted by Crippen LogP contribution is 2.24. The van der Waals surface area contributed by atoms with E-state index in [9.17, 15) is 4.79 Å². The number of rotatable bonds is 6. The Morgan fingerprint density at radius 1 is 1.04 bits per heavy atom. The van der Waals surface area contributed by atoms with E-state index in [1.54, 1.807) is 0 Å². The molecule has 2 aromatic carbocycles. The zero-order valence-electron chi connectivity index (χ0n) is 15.4. The van der Waals surface area contributed by atoms with Crippen LogP contribution in [0, 0.1) is 0 Å². The third-order valence-electron chi connectivity index (χ3n) is 5.17. The monoisotopic (exact) mass is 360 g/mol. The van der Waals surface area contributed by atoms with Gasteiger partial charge in [-0.05, 0) is 24.8 Å². The fraction of sp³-hybridized carbons (Fsp3) is 0.318. The molecule has 0 spiro atoms. The molecule has 138 valence electrons. The molecule has 0 aliphatic carbocycles. The van der Waals surface area contributed by atoms with Gasteiger partial charge in [0.05, 0.1) is 12.2 Å². The van der Waals surface area contributed by atoms with Crippen molar-refractivity contribution in [3.05, 3.63) is 72.4 Å². The topological polar surface area (TPSA) is 51.0 Å². The Balaban J connectivity index is 1.29. The number of amides is 1. The molecule has 0 radical (unpaired) electrons. The van der Waals surface area contributed by atoms with Crippen LogP contribution in [0.25, 0.3) is 11.3 Å². The molecule has 1 unspecified atom stereocenters. The summed E-state index contributed by atoms with van der Waals surface area (Å²) in [6.45, 7) is 1.52. The number of benzene rings is 2. The predicted octanol–water partition coefficient (Wildman–Crippen LogP) is 3.74. The summed E-state index contributed by atoms with van der Waals surface area (Å²) in [5, 5.41) is 8.59. The third-order valence-corrected chi connectivity index (χ3v) is 5.17. The molecule has 0 N–H and O–H groups in total. The van der Waals surface area contributed by atoms with Crippen molar-refractivity contribution in [2.24, 2.45) is 0 Å². The van der Waals surface area contributed by atoms with Crippen LogP contribution in [0.5, 0.6) is 0 Å². The standard InChI is InChI=1S/C22H24N4O/c27-22(13-7-10-18-8-3-1-4-9-18)25-15-14-20(16-25)26-17-21(23-24-26)19-11-5-2-6-12-19/h1-6,8-9,11-12,17,20H,7,10,13-16H2. The van der Waals surface area contributed by atoms with Crippen molar-refractivity contribution in [2.75, 3.05) is 13.1 Å². The Hall–Kier alpha value is -2.95. The van der Waals surface area contributed by atoms with Gasteiger partial charge in [0.15, 0.2) is 0 Å². The number of aromatic nitrogens is 3. The molecule has 0 bridgehead atoms. The van der Waals surface area contributed by atoms with E-state index in [1.807, 2.05) is 64.3 Å². The minimum atomic E-state index is 0.216. The first-order valence-corrected chi connectivity index (χ1v) is 9.58. The van der Waals surface area contributed by atoms with E-state index in [-0.39, 0.29) is 11.9 Å². The molecule has 1 atom stereocenters. The third kappa shape index (κ3) is 4.25. The van der Waals surface area contributed by atoms with Crippen LogP contribution in [0.3, 0.4) is 0 Å². The van der Waals surface area contributed by atoms with E-state index >= 15 is 0 Å². The molecule has 2 heterocycles. The number of carbonyl (C=O) groups excluding carboxylic acids is 1. The minimum Gasteiger partial charge on any atom is -0.340 e. The lowest BCUT2D eigenvalue weighted by atomic mass is 10.1. The fourth-order valence-corrected chi connectivity index (χ4v) is 3.63. The van der Waals surface area contributed by atoms with Gasteiger partial charge in [0.2, 0.25) is 5.91 Å². The van der Waals surface area contributed by atoms with E-state index in [1.165, 1.54) is 5.56 Å². The van der Waals surface area contributed by atoms with Crippen molar-refractivity contribution in [2.45, 2.75) is 31.7 Å². The second-order valence-electron chi connectivity index (χ2n) is 7.07. The maximum absolute atomic E-state index is 12.5. The number of hydrogen-bond donors (Lipinski definition) is 0. The second kappa shape index (κ2) is 8.16. The molecule has 27 heavy (non-hydrogen) atoms. The van der Waals surface area contributed by atoms with Gasteiger partial charge < -0.3 is 4.90 Å². The van der Waals surface area contributed by atoms with Crippen LogP contribution in [-0.4, -0.2) is 38.9 Å². The second-order valence-corrected chi connectivity index (χ2v) is 7.07. The minimum absolute atomic E-state index is 0.216. The zero-order chi connectivity index (χ0) is 18.5. The molecule has 1 aliphatic rings. The summed E-state index contributed by atoms with van der Waals surface area (Å²) < 4.78 is 1.92. The molecule has 1 aliphatic heterocycles. The summed E-state index contributed by atoms with van der Waals surface area (Å²) in [7, 11) is 0.